The van der Waals surface area contributed by atoms with E-state index in [1.807, 2.05) is 26.1 Å². The van der Waals surface area contributed by atoms with Crippen LogP contribution in [0.3, 0.4) is 0 Å². The van der Waals surface area contributed by atoms with E-state index in [2.05, 4.69) is 37.5 Å². The Kier molecular flexibility index (Phi) is 6.81. The van der Waals surface area contributed by atoms with Crippen molar-refractivity contribution in [3.05, 3.63) is 35.7 Å². The standard InChI is InChI=1S/C20H29N5O2/c1-4-18-23-19(27-24-18)17-7-5-15(6-8-17)9-11-22-20(21-2)25-12-10-16(13-25)14-26-3/h5-8,16H,4,9-14H2,1-3H3,(H,21,22). The topological polar surface area (TPSA) is 75.8 Å². The lowest BCUT2D eigenvalue weighted by Gasteiger charge is -2.21. The second-order valence-corrected chi connectivity index (χ2v) is 6.85. The Morgan fingerprint density at radius 2 is 2.19 bits per heavy atom. The molecule has 0 amide bonds. The third-order valence-electron chi connectivity index (χ3n) is 4.88. The summed E-state index contributed by atoms with van der Waals surface area (Å²) in [6.45, 7) is 5.72. The molecule has 1 atom stereocenters. The number of hydrogen-bond acceptors (Lipinski definition) is 5. The molecule has 0 aliphatic carbocycles. The first-order valence-corrected chi connectivity index (χ1v) is 9.60. The molecule has 0 spiro atoms. The third kappa shape index (κ3) is 5.07. The molecule has 1 saturated heterocycles. The molecular weight excluding hydrogens is 342 g/mol. The molecule has 1 N–H and O–H groups in total. The fraction of sp³-hybridized carbons (Fsp3) is 0.550. The van der Waals surface area contributed by atoms with Gasteiger partial charge in [0, 0.05) is 51.7 Å². The number of nitrogens with one attached hydrogen (secondary N) is 1. The molecule has 0 radical (unpaired) electrons. The summed E-state index contributed by atoms with van der Waals surface area (Å²) in [4.78, 5) is 11.1. The molecule has 146 valence electrons. The summed E-state index contributed by atoms with van der Waals surface area (Å²) in [6.07, 6.45) is 2.86. The van der Waals surface area contributed by atoms with Gasteiger partial charge in [0.15, 0.2) is 11.8 Å². The number of guanidine groups is 1. The highest BCUT2D eigenvalue weighted by atomic mass is 16.5. The van der Waals surface area contributed by atoms with Crippen molar-refractivity contribution in [1.82, 2.24) is 20.4 Å². The number of rotatable bonds is 7. The molecule has 1 fully saturated rings. The molecule has 0 bridgehead atoms. The summed E-state index contributed by atoms with van der Waals surface area (Å²) >= 11 is 0. The number of benzene rings is 1. The fourth-order valence-corrected chi connectivity index (χ4v) is 3.38. The fourth-order valence-electron chi connectivity index (χ4n) is 3.38. The summed E-state index contributed by atoms with van der Waals surface area (Å²) in [7, 11) is 3.61. The minimum absolute atomic E-state index is 0.580. The molecule has 2 heterocycles. The molecule has 1 aliphatic heterocycles. The molecule has 7 heteroatoms. The number of likely N-dealkylation sites (tertiary alicyclic amines) is 1. The van der Waals surface area contributed by atoms with Gasteiger partial charge in [-0.2, -0.15) is 4.98 Å². The number of hydrogen-bond donors (Lipinski definition) is 1. The van der Waals surface area contributed by atoms with Gasteiger partial charge in [-0.25, -0.2) is 0 Å². The second kappa shape index (κ2) is 9.50. The Morgan fingerprint density at radius 1 is 1.37 bits per heavy atom. The molecule has 0 saturated carbocycles. The van der Waals surface area contributed by atoms with Crippen LogP contribution in [-0.4, -0.2) is 61.4 Å². The highest BCUT2D eigenvalue weighted by molar-refractivity contribution is 5.80. The number of ether oxygens (including phenoxy) is 1. The van der Waals surface area contributed by atoms with Crippen molar-refractivity contribution in [3.63, 3.8) is 0 Å². The van der Waals surface area contributed by atoms with Crippen LogP contribution in [-0.2, 0) is 17.6 Å². The van der Waals surface area contributed by atoms with Gasteiger partial charge in [-0.1, -0.05) is 24.2 Å². The number of aromatic nitrogens is 2. The van der Waals surface area contributed by atoms with Crippen molar-refractivity contribution in [2.24, 2.45) is 10.9 Å². The summed E-state index contributed by atoms with van der Waals surface area (Å²) in [5.74, 6) is 2.89. The Hall–Kier alpha value is -2.41. The van der Waals surface area contributed by atoms with E-state index in [-0.39, 0.29) is 0 Å². The minimum atomic E-state index is 0.580. The smallest absolute Gasteiger partial charge is 0.257 e. The average molecular weight is 371 g/mol. The normalized spacial score (nSPS) is 17.5. The van der Waals surface area contributed by atoms with E-state index in [0.29, 0.717) is 11.8 Å². The maximum Gasteiger partial charge on any atom is 0.257 e. The average Bonchev–Trinajstić information content (AvgIpc) is 3.36. The Morgan fingerprint density at radius 3 is 2.85 bits per heavy atom. The maximum absolute atomic E-state index is 5.29. The van der Waals surface area contributed by atoms with Crippen LogP contribution in [0.25, 0.3) is 11.5 Å². The zero-order chi connectivity index (χ0) is 19.1. The second-order valence-electron chi connectivity index (χ2n) is 6.85. The first-order valence-electron chi connectivity index (χ1n) is 9.60. The zero-order valence-electron chi connectivity index (χ0n) is 16.4. The summed E-state index contributed by atoms with van der Waals surface area (Å²) < 4.78 is 10.6. The van der Waals surface area contributed by atoms with Gasteiger partial charge >= 0.3 is 0 Å². The summed E-state index contributed by atoms with van der Waals surface area (Å²) in [6, 6.07) is 8.29. The van der Waals surface area contributed by atoms with Crippen molar-refractivity contribution in [1.29, 1.82) is 0 Å². The first kappa shape index (κ1) is 19.4. The van der Waals surface area contributed by atoms with Gasteiger partial charge in [0.1, 0.15) is 0 Å². The Bertz CT molecular complexity index is 741. The molecule has 2 aromatic rings. The van der Waals surface area contributed by atoms with Crippen LogP contribution in [0.4, 0.5) is 0 Å². The maximum atomic E-state index is 5.29. The summed E-state index contributed by atoms with van der Waals surface area (Å²) in [5.41, 5.74) is 2.21. The molecule has 1 aromatic carbocycles. The molecular formula is C20H29N5O2. The van der Waals surface area contributed by atoms with Gasteiger partial charge in [-0.3, -0.25) is 4.99 Å². The van der Waals surface area contributed by atoms with Crippen molar-refractivity contribution in [2.75, 3.05) is 40.4 Å². The van der Waals surface area contributed by atoms with Gasteiger partial charge in [0.05, 0.1) is 6.61 Å². The molecule has 27 heavy (non-hydrogen) atoms. The molecule has 3 rings (SSSR count). The van der Waals surface area contributed by atoms with Crippen LogP contribution >= 0.6 is 0 Å². The lowest BCUT2D eigenvalue weighted by molar-refractivity contribution is 0.157. The predicted octanol–water partition coefficient (Wildman–Crippen LogP) is 2.39. The van der Waals surface area contributed by atoms with Gasteiger partial charge < -0.3 is 19.5 Å². The molecule has 7 nitrogen and oxygen atoms in total. The largest absolute Gasteiger partial charge is 0.384 e. The SMILES string of the molecule is CCc1noc(-c2ccc(CCNC(=NC)N3CCC(COC)C3)cc2)n1. The highest BCUT2D eigenvalue weighted by Crippen LogP contribution is 2.18. The van der Waals surface area contributed by atoms with E-state index in [1.165, 1.54) is 5.56 Å². The van der Waals surface area contributed by atoms with Gasteiger partial charge in [-0.15, -0.1) is 0 Å². The van der Waals surface area contributed by atoms with E-state index in [0.717, 1.165) is 62.9 Å². The third-order valence-corrected chi connectivity index (χ3v) is 4.88. The van der Waals surface area contributed by atoms with Crippen LogP contribution in [0.1, 0.15) is 24.7 Å². The van der Waals surface area contributed by atoms with Crippen molar-refractivity contribution < 1.29 is 9.26 Å². The number of methoxy groups -OCH3 is 1. The van der Waals surface area contributed by atoms with Crippen LogP contribution in [0.15, 0.2) is 33.8 Å². The Labute approximate surface area is 160 Å². The van der Waals surface area contributed by atoms with Crippen molar-refractivity contribution >= 4 is 5.96 Å². The lowest BCUT2D eigenvalue weighted by atomic mass is 10.1. The predicted molar refractivity (Wildman–Crippen MR) is 106 cm³/mol. The number of aryl methyl sites for hydroxylation is 1. The Balaban J connectivity index is 1.48. The van der Waals surface area contributed by atoms with E-state index >= 15 is 0 Å². The van der Waals surface area contributed by atoms with Crippen molar-refractivity contribution in [2.45, 2.75) is 26.2 Å². The van der Waals surface area contributed by atoms with Crippen LogP contribution in [0, 0.1) is 5.92 Å². The van der Waals surface area contributed by atoms with E-state index in [1.54, 1.807) is 7.11 Å². The zero-order valence-corrected chi connectivity index (χ0v) is 16.4. The van der Waals surface area contributed by atoms with E-state index in [4.69, 9.17) is 9.26 Å². The van der Waals surface area contributed by atoms with Crippen LogP contribution in [0.5, 0.6) is 0 Å². The highest BCUT2D eigenvalue weighted by Gasteiger charge is 2.24. The van der Waals surface area contributed by atoms with Crippen LogP contribution < -0.4 is 5.32 Å². The first-order chi connectivity index (χ1) is 13.2. The minimum Gasteiger partial charge on any atom is -0.384 e. The lowest BCUT2D eigenvalue weighted by Crippen LogP contribution is -2.41. The van der Waals surface area contributed by atoms with Gasteiger partial charge in [0.25, 0.3) is 5.89 Å². The molecule has 1 aromatic heterocycles. The van der Waals surface area contributed by atoms with Gasteiger partial charge in [0.2, 0.25) is 0 Å². The van der Waals surface area contributed by atoms with Crippen LogP contribution in [0.2, 0.25) is 0 Å². The van der Waals surface area contributed by atoms with E-state index < -0.39 is 0 Å². The number of nitrogens with zero attached hydrogens (tertiary/aromatic N) is 4. The number of aliphatic imine (C=N–C) groups is 1. The quantitative estimate of drug-likeness (QED) is 0.595. The molecule has 1 unspecified atom stereocenters. The monoisotopic (exact) mass is 371 g/mol. The van der Waals surface area contributed by atoms with E-state index in [9.17, 15) is 0 Å². The molecule has 1 aliphatic rings. The summed E-state index contributed by atoms with van der Waals surface area (Å²) in [5, 5.41) is 7.42. The van der Waals surface area contributed by atoms with Crippen molar-refractivity contribution in [3.8, 4) is 11.5 Å². The van der Waals surface area contributed by atoms with Gasteiger partial charge in [-0.05, 0) is 30.5 Å².